The van der Waals surface area contributed by atoms with Crippen molar-refractivity contribution in [2.45, 2.75) is 13.8 Å². The average Bonchev–Trinajstić information content (AvgIpc) is 3.39. The highest BCUT2D eigenvalue weighted by Gasteiger charge is 2.07. The Bertz CT molecular complexity index is 1110. The topological polar surface area (TPSA) is 48.4 Å². The Morgan fingerprint density at radius 3 is 2.79 bits per heavy atom. The maximum atomic E-state index is 5.82. The lowest BCUT2D eigenvalue weighted by Crippen LogP contribution is -1.86. The van der Waals surface area contributed by atoms with Crippen LogP contribution in [0.3, 0.4) is 0 Å². The van der Waals surface area contributed by atoms with Gasteiger partial charge in [-0.1, -0.05) is 37.0 Å². The highest BCUT2D eigenvalue weighted by atomic mass is 16.5. The summed E-state index contributed by atoms with van der Waals surface area (Å²) in [5.41, 5.74) is 2.47. The van der Waals surface area contributed by atoms with E-state index in [0.29, 0.717) is 11.5 Å². The van der Waals surface area contributed by atoms with Crippen molar-refractivity contribution in [2.24, 2.45) is 0 Å². The zero-order valence-electron chi connectivity index (χ0n) is 16.5. The van der Waals surface area contributed by atoms with Gasteiger partial charge in [-0.2, -0.15) is 0 Å². The number of nitrogens with zero attached hydrogens (tertiary/aromatic N) is 1. The van der Waals surface area contributed by atoms with Gasteiger partial charge in [-0.15, -0.1) is 0 Å². The number of allylic oxidation sites excluding steroid dienone is 9. The van der Waals surface area contributed by atoms with Crippen molar-refractivity contribution in [3.63, 3.8) is 0 Å². The molecular formula is C25H23NO3. The van der Waals surface area contributed by atoms with Gasteiger partial charge < -0.3 is 13.6 Å². The van der Waals surface area contributed by atoms with Gasteiger partial charge in [0.05, 0.1) is 6.26 Å². The zero-order valence-corrected chi connectivity index (χ0v) is 16.5. The summed E-state index contributed by atoms with van der Waals surface area (Å²) < 4.78 is 17.0. The molecule has 0 aliphatic rings. The van der Waals surface area contributed by atoms with Gasteiger partial charge in [0.2, 0.25) is 5.89 Å². The number of hydrogen-bond donors (Lipinski definition) is 0. The van der Waals surface area contributed by atoms with Gasteiger partial charge in [-0.05, 0) is 62.4 Å². The SMILES string of the molecule is C=C/C=C\C=C(/C)OC(/C=C\C=C\c1nc2ccc(-c3ccco3)cc2o1)=C/C. The predicted octanol–water partition coefficient (Wildman–Crippen LogP) is 7.22. The minimum atomic E-state index is 0.537. The number of ether oxygens (including phenoxy) is 1. The number of oxazole rings is 1. The number of fused-ring (bicyclic) bond motifs is 1. The van der Waals surface area contributed by atoms with Crippen LogP contribution in [0.5, 0.6) is 0 Å². The normalized spacial score (nSPS) is 13.3. The molecule has 0 aliphatic heterocycles. The van der Waals surface area contributed by atoms with Crippen LogP contribution in [0.2, 0.25) is 0 Å². The Labute approximate surface area is 170 Å². The van der Waals surface area contributed by atoms with Gasteiger partial charge >= 0.3 is 0 Å². The highest BCUT2D eigenvalue weighted by molar-refractivity contribution is 5.79. The molecule has 0 saturated heterocycles. The Balaban J connectivity index is 1.66. The number of aromatic nitrogens is 1. The monoisotopic (exact) mass is 385 g/mol. The Hall–Kier alpha value is -3.79. The summed E-state index contributed by atoms with van der Waals surface area (Å²) in [6.07, 6.45) is 18.3. The number of rotatable bonds is 8. The number of hydrogen-bond acceptors (Lipinski definition) is 4. The first-order valence-electron chi connectivity index (χ1n) is 9.29. The molecule has 146 valence electrons. The molecule has 2 aromatic heterocycles. The third-order valence-electron chi connectivity index (χ3n) is 3.96. The lowest BCUT2D eigenvalue weighted by atomic mass is 10.1. The van der Waals surface area contributed by atoms with E-state index in [1.54, 1.807) is 12.3 Å². The highest BCUT2D eigenvalue weighted by Crippen LogP contribution is 2.25. The molecule has 0 amide bonds. The van der Waals surface area contributed by atoms with Crippen LogP contribution >= 0.6 is 0 Å². The number of benzene rings is 1. The molecule has 29 heavy (non-hydrogen) atoms. The Kier molecular flexibility index (Phi) is 6.85. The van der Waals surface area contributed by atoms with Crippen molar-refractivity contribution < 1.29 is 13.6 Å². The molecule has 0 spiro atoms. The standard InChI is InChI=1S/C25H23NO3/c1-4-6-7-11-19(3)28-21(5-2)12-8-9-14-25-26-22-16-15-20(18-24(22)29-25)23-13-10-17-27-23/h4-18H,1H2,2-3H3/b7-6-,12-8-,14-9+,19-11+,21-5+. The molecule has 0 radical (unpaired) electrons. The van der Waals surface area contributed by atoms with E-state index in [-0.39, 0.29) is 0 Å². The van der Waals surface area contributed by atoms with Crippen molar-refractivity contribution in [3.05, 3.63) is 109 Å². The van der Waals surface area contributed by atoms with Crippen LogP contribution in [-0.2, 0) is 4.74 Å². The summed E-state index contributed by atoms with van der Waals surface area (Å²) in [5.74, 6) is 2.87. The van der Waals surface area contributed by atoms with E-state index >= 15 is 0 Å². The number of furan rings is 1. The van der Waals surface area contributed by atoms with Crippen molar-refractivity contribution in [1.82, 2.24) is 4.98 Å². The van der Waals surface area contributed by atoms with Crippen molar-refractivity contribution in [2.75, 3.05) is 0 Å². The maximum absolute atomic E-state index is 5.82. The molecule has 4 nitrogen and oxygen atoms in total. The molecule has 3 aromatic rings. The second-order valence-corrected chi connectivity index (χ2v) is 6.12. The maximum Gasteiger partial charge on any atom is 0.219 e. The van der Waals surface area contributed by atoms with Crippen molar-refractivity contribution >= 4 is 17.2 Å². The van der Waals surface area contributed by atoms with Gasteiger partial charge in [0.15, 0.2) is 5.58 Å². The van der Waals surface area contributed by atoms with Crippen LogP contribution in [0.1, 0.15) is 19.7 Å². The molecule has 0 fully saturated rings. The Morgan fingerprint density at radius 2 is 2.03 bits per heavy atom. The largest absolute Gasteiger partial charge is 0.464 e. The fraction of sp³-hybridized carbons (Fsp3) is 0.0800. The summed E-state index contributed by atoms with van der Waals surface area (Å²) in [6, 6.07) is 9.59. The first-order chi connectivity index (χ1) is 14.2. The Morgan fingerprint density at radius 1 is 1.14 bits per heavy atom. The minimum Gasteiger partial charge on any atom is -0.464 e. The molecule has 4 heteroatoms. The van der Waals surface area contributed by atoms with Crippen LogP contribution in [0.4, 0.5) is 0 Å². The quantitative estimate of drug-likeness (QED) is 0.303. The molecule has 0 aliphatic carbocycles. The molecule has 0 N–H and O–H groups in total. The van der Waals surface area contributed by atoms with Crippen molar-refractivity contribution in [3.8, 4) is 11.3 Å². The third kappa shape index (κ3) is 5.59. The molecule has 0 bridgehead atoms. The van der Waals surface area contributed by atoms with Gasteiger partial charge in [0, 0.05) is 11.6 Å². The summed E-state index contributed by atoms with van der Waals surface area (Å²) in [5, 5.41) is 0. The smallest absolute Gasteiger partial charge is 0.219 e. The first kappa shape index (κ1) is 20.0. The first-order valence-corrected chi connectivity index (χ1v) is 9.29. The van der Waals surface area contributed by atoms with E-state index in [0.717, 1.165) is 28.4 Å². The molecule has 1 aromatic carbocycles. The van der Waals surface area contributed by atoms with E-state index in [9.17, 15) is 0 Å². The van der Waals surface area contributed by atoms with E-state index in [1.807, 2.05) is 92.8 Å². The summed E-state index contributed by atoms with van der Waals surface area (Å²) in [7, 11) is 0. The van der Waals surface area contributed by atoms with E-state index in [1.165, 1.54) is 0 Å². The van der Waals surface area contributed by atoms with Gasteiger partial charge in [0.25, 0.3) is 0 Å². The average molecular weight is 385 g/mol. The molecule has 0 saturated carbocycles. The van der Waals surface area contributed by atoms with E-state index in [2.05, 4.69) is 11.6 Å². The molecular weight excluding hydrogens is 362 g/mol. The summed E-state index contributed by atoms with van der Waals surface area (Å²) >= 11 is 0. The van der Waals surface area contributed by atoms with Crippen LogP contribution in [0.15, 0.2) is 112 Å². The molecule has 0 unspecified atom stereocenters. The van der Waals surface area contributed by atoms with Crippen LogP contribution in [0, 0.1) is 0 Å². The van der Waals surface area contributed by atoms with Crippen molar-refractivity contribution in [1.29, 1.82) is 0 Å². The summed E-state index contributed by atoms with van der Waals surface area (Å²) in [6.45, 7) is 7.46. The lowest BCUT2D eigenvalue weighted by molar-refractivity contribution is 0.322. The molecule has 2 heterocycles. The van der Waals surface area contributed by atoms with Crippen LogP contribution < -0.4 is 0 Å². The fourth-order valence-electron chi connectivity index (χ4n) is 2.58. The van der Waals surface area contributed by atoms with Gasteiger partial charge in [-0.3, -0.25) is 0 Å². The lowest BCUT2D eigenvalue weighted by Gasteiger charge is -2.04. The second-order valence-electron chi connectivity index (χ2n) is 6.12. The molecule has 0 atom stereocenters. The van der Waals surface area contributed by atoms with Crippen LogP contribution in [0.25, 0.3) is 28.5 Å². The molecule has 3 rings (SSSR count). The van der Waals surface area contributed by atoms with Crippen LogP contribution in [-0.4, -0.2) is 4.98 Å². The van der Waals surface area contributed by atoms with Gasteiger partial charge in [-0.25, -0.2) is 4.98 Å². The van der Waals surface area contributed by atoms with E-state index < -0.39 is 0 Å². The van der Waals surface area contributed by atoms with Gasteiger partial charge in [0.1, 0.15) is 22.8 Å². The summed E-state index contributed by atoms with van der Waals surface area (Å²) in [4.78, 5) is 4.47. The fourth-order valence-corrected chi connectivity index (χ4v) is 2.58. The second kappa shape index (κ2) is 9.95. The third-order valence-corrected chi connectivity index (χ3v) is 3.96. The van der Waals surface area contributed by atoms with E-state index in [4.69, 9.17) is 13.6 Å². The predicted molar refractivity (Wildman–Crippen MR) is 118 cm³/mol. The zero-order chi connectivity index (χ0) is 20.5. The minimum absolute atomic E-state index is 0.537.